The number of carbonyl (C=O) groups excluding carboxylic acids is 1. The van der Waals surface area contributed by atoms with Gasteiger partial charge in [0, 0.05) is 5.56 Å². The number of nitrogens with zero attached hydrogens (tertiary/aromatic N) is 3. The van der Waals surface area contributed by atoms with Gasteiger partial charge in [0.15, 0.2) is 0 Å². The van der Waals surface area contributed by atoms with Crippen molar-refractivity contribution in [3.8, 4) is 12.1 Å². The van der Waals surface area contributed by atoms with Gasteiger partial charge in [0.05, 0.1) is 12.1 Å². The maximum absolute atomic E-state index is 12.3. The van der Waals surface area contributed by atoms with Crippen LogP contribution in [0.15, 0.2) is 24.3 Å². The monoisotopic (exact) mass is 256 g/mol. The van der Waals surface area contributed by atoms with Crippen LogP contribution in [0.25, 0.3) is 0 Å². The highest BCUT2D eigenvalue weighted by Gasteiger charge is 2.17. The summed E-state index contributed by atoms with van der Waals surface area (Å²) in [6, 6.07) is 11.1. The second-order valence-electron chi connectivity index (χ2n) is 3.99. The van der Waals surface area contributed by atoms with Crippen LogP contribution >= 0.6 is 0 Å². The molecule has 0 saturated heterocycles. The highest BCUT2D eigenvalue weighted by molar-refractivity contribution is 5.96. The molecule has 5 heteroatoms. The summed E-state index contributed by atoms with van der Waals surface area (Å²) in [5, 5.41) is 20.4. The number of amides is 1. The van der Waals surface area contributed by atoms with Crippen LogP contribution in [0.1, 0.15) is 15.9 Å². The van der Waals surface area contributed by atoms with E-state index in [4.69, 9.17) is 10.5 Å². The van der Waals surface area contributed by atoms with Crippen molar-refractivity contribution in [3.05, 3.63) is 35.4 Å². The molecule has 0 radical (unpaired) electrons. The summed E-state index contributed by atoms with van der Waals surface area (Å²) >= 11 is 0. The Hall–Kier alpha value is -2.37. The van der Waals surface area contributed by atoms with Crippen molar-refractivity contribution in [3.63, 3.8) is 0 Å². The van der Waals surface area contributed by atoms with E-state index in [0.29, 0.717) is 5.56 Å². The molecule has 1 rings (SSSR count). The molecule has 19 heavy (non-hydrogen) atoms. The summed E-state index contributed by atoms with van der Waals surface area (Å²) in [5.41, 5.74) is 1.48. The molecule has 0 heterocycles. The summed E-state index contributed by atoms with van der Waals surface area (Å²) in [4.78, 5) is 13.6. The fourth-order valence-corrected chi connectivity index (χ4v) is 1.75. The molecule has 0 saturated carbocycles. The first-order chi connectivity index (χ1) is 9.24. The van der Waals surface area contributed by atoms with E-state index >= 15 is 0 Å². The maximum atomic E-state index is 12.3. The summed E-state index contributed by atoms with van der Waals surface area (Å²) in [6.07, 6.45) is 0.728. The molecule has 0 aliphatic carbocycles. The lowest BCUT2D eigenvalue weighted by Crippen LogP contribution is -2.32. The summed E-state index contributed by atoms with van der Waals surface area (Å²) < 4.78 is 0. The lowest BCUT2D eigenvalue weighted by atomic mass is 10.0. The molecular formula is C14H16N4O. The molecular weight excluding hydrogens is 240 g/mol. The molecule has 98 valence electrons. The topological polar surface area (TPSA) is 79.9 Å². The fraction of sp³-hybridized carbons (Fsp3) is 0.357. The summed E-state index contributed by atoms with van der Waals surface area (Å²) in [5.74, 6) is -0.269. The van der Waals surface area contributed by atoms with Crippen molar-refractivity contribution in [2.24, 2.45) is 0 Å². The van der Waals surface area contributed by atoms with Crippen LogP contribution in [-0.2, 0) is 6.42 Å². The van der Waals surface area contributed by atoms with Crippen molar-refractivity contribution in [2.45, 2.75) is 6.42 Å². The average Bonchev–Trinajstić information content (AvgIpc) is 2.44. The predicted octanol–water partition coefficient (Wildman–Crippen LogP) is 0.938. The Balaban J connectivity index is 2.97. The third-order valence-electron chi connectivity index (χ3n) is 2.70. The van der Waals surface area contributed by atoms with Crippen molar-refractivity contribution in [2.75, 3.05) is 26.7 Å². The predicted molar refractivity (Wildman–Crippen MR) is 71.2 cm³/mol. The van der Waals surface area contributed by atoms with Gasteiger partial charge in [-0.1, -0.05) is 18.2 Å². The van der Waals surface area contributed by atoms with Crippen LogP contribution in [0.4, 0.5) is 0 Å². The third kappa shape index (κ3) is 4.09. The second kappa shape index (κ2) is 7.86. The van der Waals surface area contributed by atoms with Gasteiger partial charge in [-0.15, -0.1) is 0 Å². The first-order valence-corrected chi connectivity index (χ1v) is 6.00. The smallest absolute Gasteiger partial charge is 0.255 e. The summed E-state index contributed by atoms with van der Waals surface area (Å²) in [7, 11) is 1.85. The Labute approximate surface area is 113 Å². The highest BCUT2D eigenvalue weighted by Crippen LogP contribution is 2.12. The minimum absolute atomic E-state index is 0.0766. The molecule has 0 aromatic heterocycles. The van der Waals surface area contributed by atoms with E-state index in [0.717, 1.165) is 18.5 Å². The van der Waals surface area contributed by atoms with Crippen molar-refractivity contribution in [1.29, 1.82) is 10.5 Å². The lowest BCUT2D eigenvalue weighted by Gasteiger charge is -2.18. The number of carbonyl (C=O) groups is 1. The molecule has 0 unspecified atom stereocenters. The lowest BCUT2D eigenvalue weighted by molar-refractivity contribution is 0.0793. The van der Waals surface area contributed by atoms with E-state index in [1.807, 2.05) is 31.3 Å². The van der Waals surface area contributed by atoms with Gasteiger partial charge >= 0.3 is 0 Å². The quantitative estimate of drug-likeness (QED) is 0.768. The molecule has 0 aliphatic heterocycles. The van der Waals surface area contributed by atoms with Gasteiger partial charge in [-0.2, -0.15) is 10.5 Å². The number of nitrogens with one attached hydrogen (secondary N) is 1. The standard InChI is InChI=1S/C14H16N4O/c1-17-9-6-12-4-2-3-5-13(12)14(19)18(10-7-15)11-8-16/h2-5,17H,6,9-11H2,1H3. The molecule has 1 aromatic rings. The van der Waals surface area contributed by atoms with Crippen molar-refractivity contribution in [1.82, 2.24) is 10.2 Å². The SMILES string of the molecule is CNCCc1ccccc1C(=O)N(CC#N)CC#N. The van der Waals surface area contributed by atoms with Crippen LogP contribution in [0.2, 0.25) is 0 Å². The number of hydrogen-bond donors (Lipinski definition) is 1. The normalized spacial score (nSPS) is 9.42. The van der Waals surface area contributed by atoms with Gasteiger partial charge in [-0.3, -0.25) is 4.79 Å². The zero-order chi connectivity index (χ0) is 14.1. The van der Waals surface area contributed by atoms with Crippen LogP contribution in [0.5, 0.6) is 0 Å². The Morgan fingerprint density at radius 2 is 1.89 bits per heavy atom. The molecule has 5 nitrogen and oxygen atoms in total. The highest BCUT2D eigenvalue weighted by atomic mass is 16.2. The number of benzene rings is 1. The zero-order valence-corrected chi connectivity index (χ0v) is 10.9. The molecule has 1 aromatic carbocycles. The third-order valence-corrected chi connectivity index (χ3v) is 2.70. The Bertz CT molecular complexity index is 497. The van der Waals surface area contributed by atoms with Gasteiger partial charge in [-0.25, -0.2) is 0 Å². The van der Waals surface area contributed by atoms with Crippen LogP contribution < -0.4 is 5.32 Å². The maximum Gasteiger partial charge on any atom is 0.255 e. The van der Waals surface area contributed by atoms with Gasteiger partial charge in [0.2, 0.25) is 0 Å². The van der Waals surface area contributed by atoms with Gasteiger partial charge in [0.1, 0.15) is 13.1 Å². The number of rotatable bonds is 6. The second-order valence-corrected chi connectivity index (χ2v) is 3.99. The van der Waals surface area contributed by atoms with E-state index in [1.54, 1.807) is 12.1 Å². The minimum atomic E-state index is -0.269. The number of hydrogen-bond acceptors (Lipinski definition) is 4. The van der Waals surface area contributed by atoms with Crippen LogP contribution in [0.3, 0.4) is 0 Å². The Morgan fingerprint density at radius 1 is 1.26 bits per heavy atom. The van der Waals surface area contributed by atoms with E-state index in [-0.39, 0.29) is 19.0 Å². The van der Waals surface area contributed by atoms with Crippen LogP contribution in [0, 0.1) is 22.7 Å². The minimum Gasteiger partial charge on any atom is -0.319 e. The molecule has 0 spiro atoms. The van der Waals surface area contributed by atoms with Crippen LogP contribution in [-0.4, -0.2) is 37.5 Å². The Kier molecular flexibility index (Phi) is 6.08. The first kappa shape index (κ1) is 14.7. The van der Waals surface area contributed by atoms with E-state index in [1.165, 1.54) is 4.90 Å². The van der Waals surface area contributed by atoms with E-state index in [9.17, 15) is 4.79 Å². The number of nitriles is 2. The van der Waals surface area contributed by atoms with Crippen molar-refractivity contribution >= 4 is 5.91 Å². The van der Waals surface area contributed by atoms with E-state index in [2.05, 4.69) is 5.32 Å². The largest absolute Gasteiger partial charge is 0.319 e. The molecule has 0 bridgehead atoms. The number of likely N-dealkylation sites (N-methyl/N-ethyl adjacent to an activating group) is 1. The summed E-state index contributed by atoms with van der Waals surface area (Å²) in [6.45, 7) is 0.611. The van der Waals surface area contributed by atoms with E-state index < -0.39 is 0 Å². The molecule has 0 atom stereocenters. The fourth-order valence-electron chi connectivity index (χ4n) is 1.75. The molecule has 1 amide bonds. The van der Waals surface area contributed by atoms with Crippen molar-refractivity contribution < 1.29 is 4.79 Å². The van der Waals surface area contributed by atoms with Gasteiger partial charge < -0.3 is 10.2 Å². The van der Waals surface area contributed by atoms with Gasteiger partial charge in [-0.05, 0) is 31.6 Å². The molecule has 1 N–H and O–H groups in total. The zero-order valence-electron chi connectivity index (χ0n) is 10.9. The Morgan fingerprint density at radius 3 is 2.47 bits per heavy atom. The molecule has 0 aliphatic rings. The first-order valence-electron chi connectivity index (χ1n) is 6.00. The average molecular weight is 256 g/mol. The molecule has 0 fully saturated rings. The van der Waals surface area contributed by atoms with Gasteiger partial charge in [0.25, 0.3) is 5.91 Å².